The Hall–Kier alpha value is -1.88. The quantitative estimate of drug-likeness (QED) is 0.418. The van der Waals surface area contributed by atoms with E-state index in [0.717, 1.165) is 17.3 Å². The summed E-state index contributed by atoms with van der Waals surface area (Å²) in [4.78, 5) is 8.60. The SMILES string of the molecule is CCCCCCCCOc1nc(NN)nc2ccccc12. The number of hydrogen-bond donors (Lipinski definition) is 2. The second kappa shape index (κ2) is 8.42. The highest BCUT2D eigenvalue weighted by atomic mass is 16.5. The van der Waals surface area contributed by atoms with Gasteiger partial charge in [-0.15, -0.1) is 0 Å². The number of para-hydroxylation sites is 1. The lowest BCUT2D eigenvalue weighted by Crippen LogP contribution is -2.11. The first kappa shape index (κ1) is 15.5. The van der Waals surface area contributed by atoms with Gasteiger partial charge in [-0.25, -0.2) is 10.8 Å². The van der Waals surface area contributed by atoms with Crippen molar-refractivity contribution in [3.05, 3.63) is 24.3 Å². The first-order chi connectivity index (χ1) is 10.3. The van der Waals surface area contributed by atoms with Crippen LogP contribution in [0.4, 0.5) is 5.95 Å². The molecule has 0 fully saturated rings. The third-order valence-corrected chi connectivity index (χ3v) is 3.43. The van der Waals surface area contributed by atoms with E-state index in [1.54, 1.807) is 0 Å². The van der Waals surface area contributed by atoms with Crippen LogP contribution in [0.2, 0.25) is 0 Å². The summed E-state index contributed by atoms with van der Waals surface area (Å²) in [7, 11) is 0. The van der Waals surface area contributed by atoms with E-state index in [0.29, 0.717) is 18.4 Å². The molecular weight excluding hydrogens is 264 g/mol. The molecule has 114 valence electrons. The number of anilines is 1. The lowest BCUT2D eigenvalue weighted by Gasteiger charge is -2.09. The van der Waals surface area contributed by atoms with Crippen LogP contribution in [0, 0.1) is 0 Å². The molecule has 2 aromatic rings. The minimum absolute atomic E-state index is 0.381. The van der Waals surface area contributed by atoms with Crippen molar-refractivity contribution in [3.8, 4) is 5.88 Å². The van der Waals surface area contributed by atoms with Crippen LogP contribution in [0.25, 0.3) is 10.9 Å². The summed E-state index contributed by atoms with van der Waals surface area (Å²) in [5, 5.41) is 0.919. The Labute approximate surface area is 125 Å². The van der Waals surface area contributed by atoms with E-state index in [-0.39, 0.29) is 0 Å². The zero-order valence-electron chi connectivity index (χ0n) is 12.6. The number of hydrazine groups is 1. The molecule has 0 aliphatic heterocycles. The molecule has 0 saturated heterocycles. The molecule has 0 atom stereocenters. The molecule has 21 heavy (non-hydrogen) atoms. The van der Waals surface area contributed by atoms with E-state index in [1.165, 1.54) is 32.1 Å². The standard InChI is InChI=1S/C16H24N4O/c1-2-3-4-5-6-9-12-21-15-13-10-7-8-11-14(13)18-16(19-15)20-17/h7-8,10-11H,2-6,9,12,17H2,1H3,(H,18,19,20). The van der Waals surface area contributed by atoms with Crippen LogP contribution in [-0.4, -0.2) is 16.6 Å². The van der Waals surface area contributed by atoms with Crippen LogP contribution < -0.4 is 16.0 Å². The summed E-state index contributed by atoms with van der Waals surface area (Å²) < 4.78 is 5.82. The topological polar surface area (TPSA) is 73.1 Å². The predicted octanol–water partition coefficient (Wildman–Crippen LogP) is 3.65. The number of nitrogens with one attached hydrogen (secondary N) is 1. The van der Waals surface area contributed by atoms with E-state index in [9.17, 15) is 0 Å². The predicted molar refractivity (Wildman–Crippen MR) is 86.2 cm³/mol. The molecule has 3 N–H and O–H groups in total. The van der Waals surface area contributed by atoms with Gasteiger partial charge < -0.3 is 4.74 Å². The highest BCUT2D eigenvalue weighted by Crippen LogP contribution is 2.23. The summed E-state index contributed by atoms with van der Waals surface area (Å²) in [5.41, 5.74) is 3.31. The largest absolute Gasteiger partial charge is 0.477 e. The van der Waals surface area contributed by atoms with Crippen LogP contribution in [0.15, 0.2) is 24.3 Å². The number of hydrogen-bond acceptors (Lipinski definition) is 5. The van der Waals surface area contributed by atoms with Crippen molar-refractivity contribution >= 4 is 16.9 Å². The molecule has 0 aliphatic carbocycles. The fourth-order valence-corrected chi connectivity index (χ4v) is 2.27. The average Bonchev–Trinajstić information content (AvgIpc) is 2.53. The fourth-order valence-electron chi connectivity index (χ4n) is 2.27. The number of unbranched alkanes of at least 4 members (excludes halogenated alkanes) is 5. The summed E-state index contributed by atoms with van der Waals surface area (Å²) in [6.07, 6.45) is 7.44. The van der Waals surface area contributed by atoms with Crippen molar-refractivity contribution in [2.45, 2.75) is 45.4 Å². The van der Waals surface area contributed by atoms with Crippen molar-refractivity contribution in [1.82, 2.24) is 9.97 Å². The Bertz CT molecular complexity index is 559. The van der Waals surface area contributed by atoms with Gasteiger partial charge in [0.2, 0.25) is 11.8 Å². The van der Waals surface area contributed by atoms with E-state index in [4.69, 9.17) is 10.6 Å². The molecule has 0 aliphatic rings. The van der Waals surface area contributed by atoms with Gasteiger partial charge in [-0.2, -0.15) is 4.98 Å². The van der Waals surface area contributed by atoms with Crippen LogP contribution in [0.5, 0.6) is 5.88 Å². The molecule has 0 unspecified atom stereocenters. The van der Waals surface area contributed by atoms with Gasteiger partial charge in [0.25, 0.3) is 0 Å². The molecule has 0 radical (unpaired) electrons. The number of aromatic nitrogens is 2. The Balaban J connectivity index is 1.91. The van der Waals surface area contributed by atoms with Gasteiger partial charge in [-0.3, -0.25) is 5.43 Å². The molecule has 0 saturated carbocycles. The zero-order chi connectivity index (χ0) is 14.9. The molecule has 5 heteroatoms. The Morgan fingerprint density at radius 3 is 2.62 bits per heavy atom. The maximum Gasteiger partial charge on any atom is 0.241 e. The minimum Gasteiger partial charge on any atom is -0.477 e. The lowest BCUT2D eigenvalue weighted by molar-refractivity contribution is 0.297. The van der Waals surface area contributed by atoms with Crippen LogP contribution >= 0.6 is 0 Å². The fraction of sp³-hybridized carbons (Fsp3) is 0.500. The molecule has 0 spiro atoms. The smallest absolute Gasteiger partial charge is 0.241 e. The van der Waals surface area contributed by atoms with E-state index in [1.807, 2.05) is 24.3 Å². The Morgan fingerprint density at radius 2 is 1.81 bits per heavy atom. The van der Waals surface area contributed by atoms with Gasteiger partial charge in [-0.05, 0) is 18.6 Å². The number of benzene rings is 1. The van der Waals surface area contributed by atoms with Crippen molar-refractivity contribution in [2.24, 2.45) is 5.84 Å². The molecule has 5 nitrogen and oxygen atoms in total. The Morgan fingerprint density at radius 1 is 1.05 bits per heavy atom. The van der Waals surface area contributed by atoms with Gasteiger partial charge >= 0.3 is 0 Å². The van der Waals surface area contributed by atoms with Gasteiger partial charge in [0.15, 0.2) is 0 Å². The summed E-state index contributed by atoms with van der Waals surface area (Å²) in [5.74, 6) is 6.38. The first-order valence-electron chi connectivity index (χ1n) is 7.71. The minimum atomic E-state index is 0.381. The number of ether oxygens (including phenoxy) is 1. The van der Waals surface area contributed by atoms with Gasteiger partial charge in [0.1, 0.15) is 0 Å². The average molecular weight is 288 g/mol. The summed E-state index contributed by atoms with van der Waals surface area (Å²) in [6.45, 7) is 2.91. The van der Waals surface area contributed by atoms with E-state index < -0.39 is 0 Å². The van der Waals surface area contributed by atoms with Crippen molar-refractivity contribution in [3.63, 3.8) is 0 Å². The van der Waals surface area contributed by atoms with Crippen molar-refractivity contribution in [2.75, 3.05) is 12.0 Å². The number of nitrogen functional groups attached to an aromatic ring is 1. The van der Waals surface area contributed by atoms with Crippen LogP contribution in [0.3, 0.4) is 0 Å². The third-order valence-electron chi connectivity index (χ3n) is 3.43. The normalized spacial score (nSPS) is 10.8. The molecule has 0 amide bonds. The van der Waals surface area contributed by atoms with Gasteiger partial charge in [0, 0.05) is 0 Å². The molecule has 0 bridgehead atoms. The van der Waals surface area contributed by atoms with Crippen LogP contribution in [0.1, 0.15) is 45.4 Å². The number of nitrogens with zero attached hydrogens (tertiary/aromatic N) is 2. The molecule has 1 aromatic heterocycles. The molecule has 1 aromatic carbocycles. The molecule has 1 heterocycles. The van der Waals surface area contributed by atoms with Gasteiger partial charge in [-0.1, -0.05) is 51.2 Å². The van der Waals surface area contributed by atoms with Crippen molar-refractivity contribution in [1.29, 1.82) is 0 Å². The zero-order valence-corrected chi connectivity index (χ0v) is 12.6. The second-order valence-corrected chi connectivity index (χ2v) is 5.13. The lowest BCUT2D eigenvalue weighted by atomic mass is 10.1. The molecular formula is C16H24N4O. The third kappa shape index (κ3) is 4.56. The maximum atomic E-state index is 5.82. The monoisotopic (exact) mass is 288 g/mol. The number of fused-ring (bicyclic) bond motifs is 1. The summed E-state index contributed by atoms with van der Waals surface area (Å²) >= 11 is 0. The van der Waals surface area contributed by atoms with Crippen LogP contribution in [-0.2, 0) is 0 Å². The van der Waals surface area contributed by atoms with E-state index >= 15 is 0 Å². The highest BCUT2D eigenvalue weighted by molar-refractivity contribution is 5.84. The first-order valence-corrected chi connectivity index (χ1v) is 7.71. The van der Waals surface area contributed by atoms with Crippen molar-refractivity contribution < 1.29 is 4.74 Å². The summed E-state index contributed by atoms with van der Waals surface area (Å²) in [6, 6.07) is 7.79. The maximum absolute atomic E-state index is 5.82. The number of rotatable bonds is 9. The molecule has 2 rings (SSSR count). The second-order valence-electron chi connectivity index (χ2n) is 5.13. The van der Waals surface area contributed by atoms with Gasteiger partial charge in [0.05, 0.1) is 17.5 Å². The number of nitrogens with two attached hydrogens (primary N) is 1. The van der Waals surface area contributed by atoms with E-state index in [2.05, 4.69) is 22.3 Å². The highest BCUT2D eigenvalue weighted by Gasteiger charge is 2.07. The Kier molecular flexibility index (Phi) is 6.22.